The third-order valence-electron chi connectivity index (χ3n) is 3.47. The number of nitrogen functional groups attached to an aromatic ring is 1. The van der Waals surface area contributed by atoms with Gasteiger partial charge in [0.15, 0.2) is 11.5 Å². The molecule has 2 N–H and O–H groups in total. The Morgan fingerprint density at radius 1 is 0.913 bits per heavy atom. The van der Waals surface area contributed by atoms with Gasteiger partial charge in [-0.25, -0.2) is 4.79 Å². The maximum atomic E-state index is 11.8. The Labute approximate surface area is 134 Å². The van der Waals surface area contributed by atoms with Crippen LogP contribution in [0, 0.1) is 0 Å². The smallest absolute Gasteiger partial charge is 0.339 e. The zero-order chi connectivity index (χ0) is 17.0. The third-order valence-corrected chi connectivity index (χ3v) is 3.47. The largest absolute Gasteiger partial charge is 0.493 e. The molecule has 0 radical (unpaired) electrons. The molecular formula is C17H19NO5. The summed E-state index contributed by atoms with van der Waals surface area (Å²) in [5.74, 6) is 1.04. The van der Waals surface area contributed by atoms with Crippen LogP contribution in [0.2, 0.25) is 0 Å². The molecule has 23 heavy (non-hydrogen) atoms. The van der Waals surface area contributed by atoms with E-state index in [4.69, 9.17) is 24.7 Å². The lowest BCUT2D eigenvalue weighted by Crippen LogP contribution is -2.06. The van der Waals surface area contributed by atoms with E-state index < -0.39 is 5.97 Å². The van der Waals surface area contributed by atoms with E-state index in [0.29, 0.717) is 28.5 Å². The second kappa shape index (κ2) is 6.91. The van der Waals surface area contributed by atoms with Gasteiger partial charge >= 0.3 is 5.97 Å². The van der Waals surface area contributed by atoms with E-state index in [1.165, 1.54) is 14.2 Å². The van der Waals surface area contributed by atoms with Crippen molar-refractivity contribution in [3.8, 4) is 28.4 Å². The summed E-state index contributed by atoms with van der Waals surface area (Å²) in [6, 6.07) is 8.70. The van der Waals surface area contributed by atoms with Gasteiger partial charge in [0.05, 0.1) is 34.0 Å². The van der Waals surface area contributed by atoms with Crippen molar-refractivity contribution in [1.82, 2.24) is 0 Å². The second-order valence-electron chi connectivity index (χ2n) is 4.68. The second-order valence-corrected chi connectivity index (χ2v) is 4.68. The number of carbonyl (C=O) groups is 1. The standard InChI is InChI=1S/C17H19NO5/c1-20-14-8-6-11(15(21-2)16(14)22-3)10-5-7-13(18)12(9-10)17(19)23-4/h5-9H,18H2,1-4H3. The first-order chi connectivity index (χ1) is 11.1. The fourth-order valence-corrected chi connectivity index (χ4v) is 2.34. The lowest BCUT2D eigenvalue weighted by Gasteiger charge is -2.16. The average Bonchev–Trinajstić information content (AvgIpc) is 2.59. The average molecular weight is 317 g/mol. The molecule has 0 saturated heterocycles. The quantitative estimate of drug-likeness (QED) is 0.674. The number of methoxy groups -OCH3 is 4. The van der Waals surface area contributed by atoms with Crippen LogP contribution in [-0.4, -0.2) is 34.4 Å². The normalized spacial score (nSPS) is 10.1. The number of anilines is 1. The molecule has 0 aliphatic heterocycles. The van der Waals surface area contributed by atoms with E-state index in [-0.39, 0.29) is 0 Å². The maximum absolute atomic E-state index is 11.8. The molecule has 0 fully saturated rings. The van der Waals surface area contributed by atoms with E-state index in [1.807, 2.05) is 6.07 Å². The molecule has 0 heterocycles. The molecule has 0 amide bonds. The fraction of sp³-hybridized carbons (Fsp3) is 0.235. The van der Waals surface area contributed by atoms with Crippen molar-refractivity contribution >= 4 is 11.7 Å². The van der Waals surface area contributed by atoms with E-state index in [1.54, 1.807) is 38.5 Å². The topological polar surface area (TPSA) is 80.0 Å². The van der Waals surface area contributed by atoms with E-state index in [0.717, 1.165) is 11.1 Å². The van der Waals surface area contributed by atoms with Gasteiger partial charge in [0.2, 0.25) is 5.75 Å². The SMILES string of the molecule is COC(=O)c1cc(-c2ccc(OC)c(OC)c2OC)ccc1N. The van der Waals surface area contributed by atoms with Crippen LogP contribution in [0.3, 0.4) is 0 Å². The molecule has 122 valence electrons. The summed E-state index contributed by atoms with van der Waals surface area (Å²) in [4.78, 5) is 11.8. The Morgan fingerprint density at radius 3 is 2.17 bits per heavy atom. The molecule has 6 nitrogen and oxygen atoms in total. The van der Waals surface area contributed by atoms with E-state index in [2.05, 4.69) is 0 Å². The molecule has 6 heteroatoms. The van der Waals surface area contributed by atoms with Crippen LogP contribution in [0.4, 0.5) is 5.69 Å². The van der Waals surface area contributed by atoms with Crippen molar-refractivity contribution in [3.63, 3.8) is 0 Å². The van der Waals surface area contributed by atoms with Crippen LogP contribution < -0.4 is 19.9 Å². The van der Waals surface area contributed by atoms with Gasteiger partial charge in [0.25, 0.3) is 0 Å². The Bertz CT molecular complexity index is 727. The van der Waals surface area contributed by atoms with Crippen molar-refractivity contribution in [3.05, 3.63) is 35.9 Å². The van der Waals surface area contributed by atoms with Gasteiger partial charge in [-0.05, 0) is 29.8 Å². The summed E-state index contributed by atoms with van der Waals surface area (Å²) in [6.45, 7) is 0. The van der Waals surface area contributed by atoms with Gasteiger partial charge in [0.1, 0.15) is 0 Å². The van der Waals surface area contributed by atoms with E-state index >= 15 is 0 Å². The minimum absolute atomic E-state index is 0.293. The van der Waals surface area contributed by atoms with Gasteiger partial charge < -0.3 is 24.7 Å². The zero-order valence-electron chi connectivity index (χ0n) is 13.5. The highest BCUT2D eigenvalue weighted by Gasteiger charge is 2.19. The first kappa shape index (κ1) is 16.5. The molecule has 0 unspecified atom stereocenters. The van der Waals surface area contributed by atoms with Crippen molar-refractivity contribution in [2.24, 2.45) is 0 Å². The van der Waals surface area contributed by atoms with Crippen molar-refractivity contribution in [2.75, 3.05) is 34.2 Å². The summed E-state index contributed by atoms with van der Waals surface area (Å²) >= 11 is 0. The molecule has 0 aliphatic rings. The molecule has 0 aliphatic carbocycles. The number of carbonyl (C=O) groups excluding carboxylic acids is 1. The number of benzene rings is 2. The summed E-state index contributed by atoms with van der Waals surface area (Å²) < 4.78 is 20.9. The summed E-state index contributed by atoms with van der Waals surface area (Å²) in [6.07, 6.45) is 0. The third kappa shape index (κ3) is 3.01. The molecule has 0 atom stereocenters. The van der Waals surface area contributed by atoms with Crippen LogP contribution in [-0.2, 0) is 4.74 Å². The number of hydrogen-bond donors (Lipinski definition) is 1. The minimum atomic E-state index is -0.496. The maximum Gasteiger partial charge on any atom is 0.339 e. The van der Waals surface area contributed by atoms with Crippen molar-refractivity contribution in [2.45, 2.75) is 0 Å². The predicted molar refractivity (Wildman–Crippen MR) is 87.3 cm³/mol. The van der Waals surface area contributed by atoms with Crippen LogP contribution in [0.5, 0.6) is 17.2 Å². The first-order valence-electron chi connectivity index (χ1n) is 6.84. The molecule has 0 bridgehead atoms. The Balaban J connectivity index is 2.65. The van der Waals surface area contributed by atoms with Crippen molar-refractivity contribution in [1.29, 1.82) is 0 Å². The lowest BCUT2D eigenvalue weighted by molar-refractivity contribution is 0.0602. The molecule has 0 saturated carbocycles. The van der Waals surface area contributed by atoms with E-state index in [9.17, 15) is 4.79 Å². The monoisotopic (exact) mass is 317 g/mol. The number of nitrogens with two attached hydrogens (primary N) is 1. The number of ether oxygens (including phenoxy) is 4. The molecule has 2 rings (SSSR count). The fourth-order valence-electron chi connectivity index (χ4n) is 2.34. The van der Waals surface area contributed by atoms with Crippen LogP contribution >= 0.6 is 0 Å². The number of esters is 1. The molecule has 0 aromatic heterocycles. The highest BCUT2D eigenvalue weighted by atomic mass is 16.5. The zero-order valence-corrected chi connectivity index (χ0v) is 13.5. The number of hydrogen-bond acceptors (Lipinski definition) is 6. The van der Waals surface area contributed by atoms with Crippen LogP contribution in [0.1, 0.15) is 10.4 Å². The Morgan fingerprint density at radius 2 is 1.61 bits per heavy atom. The molecule has 2 aromatic carbocycles. The first-order valence-corrected chi connectivity index (χ1v) is 6.84. The lowest BCUT2D eigenvalue weighted by atomic mass is 10.00. The van der Waals surface area contributed by atoms with Gasteiger partial charge in [-0.1, -0.05) is 6.07 Å². The molecule has 0 spiro atoms. The van der Waals surface area contributed by atoms with Crippen molar-refractivity contribution < 1.29 is 23.7 Å². The van der Waals surface area contributed by atoms with Gasteiger partial charge in [-0.15, -0.1) is 0 Å². The molecular weight excluding hydrogens is 298 g/mol. The Kier molecular flexibility index (Phi) is 4.95. The highest BCUT2D eigenvalue weighted by Crippen LogP contribution is 2.44. The summed E-state index contributed by atoms with van der Waals surface area (Å²) in [5.41, 5.74) is 7.97. The number of rotatable bonds is 5. The van der Waals surface area contributed by atoms with Crippen LogP contribution in [0.25, 0.3) is 11.1 Å². The minimum Gasteiger partial charge on any atom is -0.493 e. The highest BCUT2D eigenvalue weighted by molar-refractivity contribution is 5.97. The summed E-state index contributed by atoms with van der Waals surface area (Å²) in [7, 11) is 5.94. The molecule has 2 aromatic rings. The van der Waals surface area contributed by atoms with Crippen LogP contribution in [0.15, 0.2) is 30.3 Å². The van der Waals surface area contributed by atoms with Gasteiger partial charge in [-0.3, -0.25) is 0 Å². The Hall–Kier alpha value is -2.89. The van der Waals surface area contributed by atoms with Gasteiger partial charge in [0, 0.05) is 11.3 Å². The van der Waals surface area contributed by atoms with Gasteiger partial charge in [-0.2, -0.15) is 0 Å². The predicted octanol–water partition coefficient (Wildman–Crippen LogP) is 2.75. The summed E-state index contributed by atoms with van der Waals surface area (Å²) in [5, 5.41) is 0.